The number of nitrogens with one attached hydrogen (secondary N) is 1. The number of amides is 3. The molecule has 1 atom stereocenters. The van der Waals surface area contributed by atoms with Gasteiger partial charge in [-0.05, 0) is 30.9 Å². The molecule has 0 bridgehead atoms. The van der Waals surface area contributed by atoms with E-state index in [2.05, 4.69) is 5.32 Å². The standard InChI is InChI=1S/C17H18N2O5/c1-10(20)18-14(11-6-2-3-7-11)17(23)24-19-15(21)12-8-4-5-9-13(12)16(19)22/h4-5,8-9,11,14H,2-3,6-7H2,1H3,(H,18,20). The lowest BCUT2D eigenvalue weighted by molar-refractivity contribution is -0.173. The van der Waals surface area contributed by atoms with E-state index in [1.54, 1.807) is 12.1 Å². The zero-order valence-corrected chi connectivity index (χ0v) is 13.3. The van der Waals surface area contributed by atoms with E-state index in [-0.39, 0.29) is 23.0 Å². The van der Waals surface area contributed by atoms with E-state index in [0.717, 1.165) is 25.7 Å². The molecule has 1 N–H and O–H groups in total. The molecule has 3 rings (SSSR count). The number of rotatable bonds is 4. The maximum absolute atomic E-state index is 12.5. The van der Waals surface area contributed by atoms with E-state index in [4.69, 9.17) is 4.84 Å². The lowest BCUT2D eigenvalue weighted by Crippen LogP contribution is -2.48. The Morgan fingerprint density at radius 1 is 1.12 bits per heavy atom. The minimum atomic E-state index is -0.852. The van der Waals surface area contributed by atoms with Crippen LogP contribution in [0.25, 0.3) is 0 Å². The van der Waals surface area contributed by atoms with Crippen LogP contribution in [-0.4, -0.2) is 34.8 Å². The summed E-state index contributed by atoms with van der Waals surface area (Å²) in [6, 6.07) is 5.42. The minimum Gasteiger partial charge on any atom is -0.343 e. The molecule has 0 saturated heterocycles. The first-order valence-electron chi connectivity index (χ1n) is 7.95. The summed E-state index contributed by atoms with van der Waals surface area (Å²) < 4.78 is 0. The summed E-state index contributed by atoms with van der Waals surface area (Å²) in [4.78, 5) is 53.4. The van der Waals surface area contributed by atoms with Gasteiger partial charge in [0.15, 0.2) is 0 Å². The third-order valence-corrected chi connectivity index (χ3v) is 4.42. The SMILES string of the molecule is CC(=O)NC(C(=O)ON1C(=O)c2ccccc2C1=O)C1CCCC1. The molecule has 1 aliphatic heterocycles. The Bertz CT molecular complexity index is 674. The summed E-state index contributed by atoms with van der Waals surface area (Å²) in [6.45, 7) is 1.32. The van der Waals surface area contributed by atoms with E-state index in [0.29, 0.717) is 5.06 Å². The van der Waals surface area contributed by atoms with E-state index in [1.807, 2.05) is 0 Å². The van der Waals surface area contributed by atoms with Crippen LogP contribution in [0.3, 0.4) is 0 Å². The average Bonchev–Trinajstić information content (AvgIpc) is 3.16. The van der Waals surface area contributed by atoms with Gasteiger partial charge in [0.25, 0.3) is 11.8 Å². The second-order valence-corrected chi connectivity index (χ2v) is 6.08. The van der Waals surface area contributed by atoms with Crippen LogP contribution in [0, 0.1) is 5.92 Å². The van der Waals surface area contributed by atoms with Gasteiger partial charge in [0.2, 0.25) is 5.91 Å². The molecule has 1 saturated carbocycles. The van der Waals surface area contributed by atoms with Crippen molar-refractivity contribution in [2.24, 2.45) is 5.92 Å². The first-order valence-corrected chi connectivity index (χ1v) is 7.95. The van der Waals surface area contributed by atoms with Crippen molar-refractivity contribution in [3.05, 3.63) is 35.4 Å². The predicted molar refractivity (Wildman–Crippen MR) is 82.6 cm³/mol. The average molecular weight is 330 g/mol. The highest BCUT2D eigenvalue weighted by Crippen LogP contribution is 2.29. The Hall–Kier alpha value is -2.70. The fraction of sp³-hybridized carbons (Fsp3) is 0.412. The molecule has 1 aromatic carbocycles. The van der Waals surface area contributed by atoms with Crippen LogP contribution in [0.1, 0.15) is 53.3 Å². The summed E-state index contributed by atoms with van der Waals surface area (Å²) in [5.41, 5.74) is 0.402. The third kappa shape index (κ3) is 2.89. The van der Waals surface area contributed by atoms with Gasteiger partial charge in [-0.15, -0.1) is 0 Å². The van der Waals surface area contributed by atoms with Crippen LogP contribution in [-0.2, 0) is 14.4 Å². The maximum Gasteiger partial charge on any atom is 0.355 e. The van der Waals surface area contributed by atoms with E-state index >= 15 is 0 Å². The molecule has 3 amide bonds. The molecule has 1 fully saturated rings. The molecule has 126 valence electrons. The Morgan fingerprint density at radius 2 is 1.67 bits per heavy atom. The van der Waals surface area contributed by atoms with Crippen LogP contribution in [0.4, 0.5) is 0 Å². The van der Waals surface area contributed by atoms with Crippen LogP contribution < -0.4 is 5.32 Å². The van der Waals surface area contributed by atoms with Crippen molar-refractivity contribution >= 4 is 23.7 Å². The molecule has 1 heterocycles. The lowest BCUT2D eigenvalue weighted by Gasteiger charge is -2.23. The van der Waals surface area contributed by atoms with E-state index in [1.165, 1.54) is 19.1 Å². The quantitative estimate of drug-likeness (QED) is 0.843. The summed E-state index contributed by atoms with van der Waals surface area (Å²) in [6.07, 6.45) is 3.53. The van der Waals surface area contributed by atoms with E-state index < -0.39 is 23.8 Å². The Morgan fingerprint density at radius 3 is 2.17 bits per heavy atom. The first kappa shape index (κ1) is 16.2. The highest BCUT2D eigenvalue weighted by molar-refractivity contribution is 6.20. The highest BCUT2D eigenvalue weighted by atomic mass is 16.7. The summed E-state index contributed by atoms with van der Waals surface area (Å²) in [7, 11) is 0. The maximum atomic E-state index is 12.5. The predicted octanol–water partition coefficient (Wildman–Crippen LogP) is 1.44. The molecule has 2 aliphatic rings. The van der Waals surface area contributed by atoms with Crippen molar-refractivity contribution in [1.29, 1.82) is 0 Å². The number of carbonyl (C=O) groups is 4. The van der Waals surface area contributed by atoms with Crippen molar-refractivity contribution in [2.45, 2.75) is 38.6 Å². The largest absolute Gasteiger partial charge is 0.355 e. The number of carbonyl (C=O) groups excluding carboxylic acids is 4. The van der Waals surface area contributed by atoms with Gasteiger partial charge in [0.1, 0.15) is 6.04 Å². The number of benzene rings is 1. The summed E-state index contributed by atoms with van der Waals surface area (Å²) >= 11 is 0. The third-order valence-electron chi connectivity index (χ3n) is 4.42. The van der Waals surface area contributed by atoms with Crippen LogP contribution in [0.5, 0.6) is 0 Å². The van der Waals surface area contributed by atoms with Crippen molar-refractivity contribution < 1.29 is 24.0 Å². The molecule has 0 aromatic heterocycles. The van der Waals surface area contributed by atoms with Gasteiger partial charge in [-0.1, -0.05) is 30.0 Å². The zero-order valence-electron chi connectivity index (χ0n) is 13.3. The minimum absolute atomic E-state index is 0.0448. The fourth-order valence-corrected chi connectivity index (χ4v) is 3.28. The van der Waals surface area contributed by atoms with Crippen molar-refractivity contribution in [1.82, 2.24) is 10.4 Å². The van der Waals surface area contributed by atoms with Crippen molar-refractivity contribution in [2.75, 3.05) is 0 Å². The van der Waals surface area contributed by atoms with Gasteiger partial charge in [-0.2, -0.15) is 0 Å². The van der Waals surface area contributed by atoms with Gasteiger partial charge in [0.05, 0.1) is 11.1 Å². The molecular formula is C17H18N2O5. The number of nitrogens with zero attached hydrogens (tertiary/aromatic N) is 1. The van der Waals surface area contributed by atoms with Gasteiger partial charge in [-0.25, -0.2) is 4.79 Å². The molecule has 1 unspecified atom stereocenters. The molecule has 24 heavy (non-hydrogen) atoms. The molecule has 1 aromatic rings. The molecule has 7 nitrogen and oxygen atoms in total. The molecule has 7 heteroatoms. The van der Waals surface area contributed by atoms with Crippen LogP contribution >= 0.6 is 0 Å². The Balaban J connectivity index is 1.77. The topological polar surface area (TPSA) is 92.8 Å². The van der Waals surface area contributed by atoms with Gasteiger partial charge in [-0.3, -0.25) is 14.4 Å². The number of hydrogen-bond acceptors (Lipinski definition) is 5. The highest BCUT2D eigenvalue weighted by Gasteiger charge is 2.41. The molecule has 0 radical (unpaired) electrons. The van der Waals surface area contributed by atoms with Crippen molar-refractivity contribution in [3.63, 3.8) is 0 Å². The number of hydrogen-bond donors (Lipinski definition) is 1. The monoisotopic (exact) mass is 330 g/mol. The first-order chi connectivity index (χ1) is 11.5. The Kier molecular flexibility index (Phi) is 4.33. The smallest absolute Gasteiger partial charge is 0.343 e. The summed E-state index contributed by atoms with van der Waals surface area (Å²) in [5.74, 6) is -2.52. The van der Waals surface area contributed by atoms with Gasteiger partial charge in [0, 0.05) is 6.92 Å². The lowest BCUT2D eigenvalue weighted by atomic mass is 9.98. The number of imide groups is 1. The molecule has 0 spiro atoms. The molecular weight excluding hydrogens is 312 g/mol. The fourth-order valence-electron chi connectivity index (χ4n) is 3.28. The molecule has 1 aliphatic carbocycles. The summed E-state index contributed by atoms with van der Waals surface area (Å²) in [5, 5.41) is 3.07. The number of hydroxylamine groups is 2. The number of fused-ring (bicyclic) bond motifs is 1. The van der Waals surface area contributed by atoms with E-state index in [9.17, 15) is 19.2 Å². The zero-order chi connectivity index (χ0) is 17.3. The second kappa shape index (κ2) is 6.43. The van der Waals surface area contributed by atoms with Crippen molar-refractivity contribution in [3.8, 4) is 0 Å². The van der Waals surface area contributed by atoms with Gasteiger partial charge < -0.3 is 10.2 Å². The normalized spacial score (nSPS) is 18.5. The Labute approximate surface area is 138 Å². The van der Waals surface area contributed by atoms with Crippen LogP contribution in [0.2, 0.25) is 0 Å². The second-order valence-electron chi connectivity index (χ2n) is 6.08. The van der Waals surface area contributed by atoms with Crippen LogP contribution in [0.15, 0.2) is 24.3 Å². The van der Waals surface area contributed by atoms with Gasteiger partial charge >= 0.3 is 5.97 Å².